The number of piperidine rings is 1. The summed E-state index contributed by atoms with van der Waals surface area (Å²) < 4.78 is 41.2. The minimum Gasteiger partial charge on any atom is -0.444 e. The van der Waals surface area contributed by atoms with Crippen LogP contribution in [0.3, 0.4) is 0 Å². The summed E-state index contributed by atoms with van der Waals surface area (Å²) in [5, 5.41) is 0. The maximum atomic E-state index is 12.0. The standard InChI is InChI=1S/C14H20F3N3O4/c1-13(2,3)24-12(23)20-5-7-8(6-20)10(7)11(22)19-18-9(21)4-14(15,16)17/h7-8,10H,4-6H2,1-3H3,(H,18,21)(H,19,22)/t7-,8+,10+. The molecular weight excluding hydrogens is 331 g/mol. The van der Waals surface area contributed by atoms with Crippen molar-refractivity contribution in [1.82, 2.24) is 15.8 Å². The Morgan fingerprint density at radius 1 is 1.08 bits per heavy atom. The lowest BCUT2D eigenvalue weighted by atomic mass is 10.2. The van der Waals surface area contributed by atoms with Gasteiger partial charge in [-0.15, -0.1) is 0 Å². The molecule has 1 aliphatic heterocycles. The first-order valence-corrected chi connectivity index (χ1v) is 7.51. The number of nitrogens with one attached hydrogen (secondary N) is 2. The molecule has 0 spiro atoms. The minimum absolute atomic E-state index is 0.0583. The molecule has 2 fully saturated rings. The van der Waals surface area contributed by atoms with Gasteiger partial charge < -0.3 is 9.64 Å². The molecule has 2 N–H and O–H groups in total. The molecule has 0 bridgehead atoms. The van der Waals surface area contributed by atoms with Gasteiger partial charge in [-0.2, -0.15) is 13.2 Å². The van der Waals surface area contributed by atoms with E-state index in [-0.39, 0.29) is 11.8 Å². The van der Waals surface area contributed by atoms with Gasteiger partial charge in [-0.05, 0) is 32.6 Å². The summed E-state index contributed by atoms with van der Waals surface area (Å²) in [5.74, 6) is -2.38. The summed E-state index contributed by atoms with van der Waals surface area (Å²) in [6.45, 7) is 5.97. The maximum absolute atomic E-state index is 12.0. The summed E-state index contributed by atoms with van der Waals surface area (Å²) in [5.41, 5.74) is 3.15. The summed E-state index contributed by atoms with van der Waals surface area (Å²) in [6.07, 6.45) is -6.73. The molecule has 0 aromatic carbocycles. The highest BCUT2D eigenvalue weighted by molar-refractivity contribution is 5.86. The highest BCUT2D eigenvalue weighted by Gasteiger charge is 2.60. The third-order valence-electron chi connectivity index (χ3n) is 3.83. The van der Waals surface area contributed by atoms with Crippen molar-refractivity contribution in [1.29, 1.82) is 0 Å². The zero-order valence-corrected chi connectivity index (χ0v) is 13.6. The highest BCUT2D eigenvalue weighted by atomic mass is 19.4. The van der Waals surface area contributed by atoms with Crippen molar-refractivity contribution in [2.75, 3.05) is 13.1 Å². The van der Waals surface area contributed by atoms with Crippen LogP contribution >= 0.6 is 0 Å². The first kappa shape index (κ1) is 18.3. The smallest absolute Gasteiger partial charge is 0.410 e. The lowest BCUT2D eigenvalue weighted by molar-refractivity contribution is -0.155. The summed E-state index contributed by atoms with van der Waals surface area (Å²) in [6, 6.07) is 0. The van der Waals surface area contributed by atoms with Crippen molar-refractivity contribution in [3.63, 3.8) is 0 Å². The van der Waals surface area contributed by atoms with Crippen LogP contribution in [0.4, 0.5) is 18.0 Å². The van der Waals surface area contributed by atoms with E-state index >= 15 is 0 Å². The second-order valence-electron chi connectivity index (χ2n) is 7.07. The molecule has 0 unspecified atom stereocenters. The normalized spacial score (nSPS) is 25.8. The predicted molar refractivity (Wildman–Crippen MR) is 75.2 cm³/mol. The van der Waals surface area contributed by atoms with E-state index in [4.69, 9.17) is 4.74 Å². The van der Waals surface area contributed by atoms with Crippen molar-refractivity contribution >= 4 is 17.9 Å². The summed E-state index contributed by atoms with van der Waals surface area (Å²) in [7, 11) is 0. The van der Waals surface area contributed by atoms with Gasteiger partial charge in [-0.25, -0.2) is 4.79 Å². The van der Waals surface area contributed by atoms with E-state index < -0.39 is 42.0 Å². The molecule has 3 atom stereocenters. The monoisotopic (exact) mass is 351 g/mol. The molecule has 1 heterocycles. The number of carbonyl (C=O) groups excluding carboxylic acids is 3. The fourth-order valence-electron chi connectivity index (χ4n) is 2.83. The van der Waals surface area contributed by atoms with E-state index in [1.54, 1.807) is 26.2 Å². The molecule has 24 heavy (non-hydrogen) atoms. The summed E-state index contributed by atoms with van der Waals surface area (Å²) >= 11 is 0. The zero-order chi connectivity index (χ0) is 18.3. The molecule has 1 saturated carbocycles. The van der Waals surface area contributed by atoms with E-state index in [1.165, 1.54) is 4.90 Å². The first-order chi connectivity index (χ1) is 10.9. The molecule has 1 aliphatic carbocycles. The third kappa shape index (κ3) is 4.75. The number of halogens is 3. The average Bonchev–Trinajstić information content (AvgIpc) is 2.86. The fraction of sp³-hybridized carbons (Fsp3) is 0.786. The van der Waals surface area contributed by atoms with E-state index in [0.29, 0.717) is 13.1 Å². The lowest BCUT2D eigenvalue weighted by Crippen LogP contribution is -2.45. The van der Waals surface area contributed by atoms with Gasteiger partial charge in [0, 0.05) is 19.0 Å². The number of hydrazine groups is 1. The number of carbonyl (C=O) groups is 3. The largest absolute Gasteiger partial charge is 0.444 e. The van der Waals surface area contributed by atoms with Crippen LogP contribution in [0, 0.1) is 17.8 Å². The maximum Gasteiger partial charge on any atom is 0.410 e. The highest BCUT2D eigenvalue weighted by Crippen LogP contribution is 2.51. The molecule has 0 radical (unpaired) electrons. The van der Waals surface area contributed by atoms with E-state index in [0.717, 1.165) is 0 Å². The Kier molecular flexibility index (Phi) is 4.69. The van der Waals surface area contributed by atoms with Crippen LogP contribution in [0.15, 0.2) is 0 Å². The van der Waals surface area contributed by atoms with Crippen LogP contribution in [-0.2, 0) is 14.3 Å². The summed E-state index contributed by atoms with van der Waals surface area (Å²) in [4.78, 5) is 36.3. The molecule has 7 nitrogen and oxygen atoms in total. The molecule has 0 aromatic heterocycles. The Labute approximate surface area is 136 Å². The number of alkyl halides is 3. The minimum atomic E-state index is -4.63. The van der Waals surface area contributed by atoms with Crippen molar-refractivity contribution in [3.8, 4) is 0 Å². The van der Waals surface area contributed by atoms with Gasteiger partial charge in [-0.3, -0.25) is 20.4 Å². The average molecular weight is 351 g/mol. The Bertz CT molecular complexity index is 532. The molecule has 0 aromatic rings. The quantitative estimate of drug-likeness (QED) is 0.732. The Morgan fingerprint density at radius 3 is 2.08 bits per heavy atom. The number of rotatable bonds is 2. The van der Waals surface area contributed by atoms with Gasteiger partial charge in [-0.1, -0.05) is 0 Å². The van der Waals surface area contributed by atoms with Crippen LogP contribution in [0.2, 0.25) is 0 Å². The Hall–Kier alpha value is -2.00. The van der Waals surface area contributed by atoms with Gasteiger partial charge in [0.1, 0.15) is 12.0 Å². The molecular formula is C14H20F3N3O4. The fourth-order valence-corrected chi connectivity index (χ4v) is 2.83. The molecule has 1 saturated heterocycles. The number of likely N-dealkylation sites (tertiary alicyclic amines) is 1. The SMILES string of the molecule is CC(C)(C)OC(=O)N1C[C@@H]2[C@H](C1)[C@H]2C(=O)NNC(=O)CC(F)(F)F. The van der Waals surface area contributed by atoms with Crippen LogP contribution < -0.4 is 10.9 Å². The topological polar surface area (TPSA) is 87.7 Å². The van der Waals surface area contributed by atoms with Gasteiger partial charge in [0.05, 0.1) is 0 Å². The van der Waals surface area contributed by atoms with E-state index in [1.807, 2.05) is 5.43 Å². The molecule has 2 aliphatic rings. The number of hydrogen-bond donors (Lipinski definition) is 2. The van der Waals surface area contributed by atoms with Crippen LogP contribution in [0.25, 0.3) is 0 Å². The van der Waals surface area contributed by atoms with Gasteiger partial charge in [0.25, 0.3) is 0 Å². The van der Waals surface area contributed by atoms with Crippen molar-refractivity contribution in [2.45, 2.75) is 39.0 Å². The first-order valence-electron chi connectivity index (χ1n) is 7.51. The Balaban J connectivity index is 1.72. The number of amides is 3. The van der Waals surface area contributed by atoms with Gasteiger partial charge in [0.15, 0.2) is 0 Å². The van der Waals surface area contributed by atoms with Crippen molar-refractivity contribution in [2.24, 2.45) is 17.8 Å². The third-order valence-corrected chi connectivity index (χ3v) is 3.83. The van der Waals surface area contributed by atoms with Gasteiger partial charge >= 0.3 is 12.3 Å². The van der Waals surface area contributed by atoms with Gasteiger partial charge in [0.2, 0.25) is 11.8 Å². The predicted octanol–water partition coefficient (Wildman–Crippen LogP) is 1.20. The Morgan fingerprint density at radius 2 is 1.62 bits per heavy atom. The second kappa shape index (κ2) is 6.14. The van der Waals surface area contributed by atoms with Crippen LogP contribution in [0.5, 0.6) is 0 Å². The van der Waals surface area contributed by atoms with Crippen molar-refractivity contribution in [3.05, 3.63) is 0 Å². The number of nitrogens with zero attached hydrogens (tertiary/aromatic N) is 1. The molecule has 136 valence electrons. The number of hydrogen-bond acceptors (Lipinski definition) is 4. The molecule has 10 heteroatoms. The van der Waals surface area contributed by atoms with E-state index in [9.17, 15) is 27.6 Å². The number of fused-ring (bicyclic) bond motifs is 1. The zero-order valence-electron chi connectivity index (χ0n) is 13.6. The lowest BCUT2D eigenvalue weighted by Gasteiger charge is -2.25. The number of ether oxygens (including phenoxy) is 1. The second-order valence-corrected chi connectivity index (χ2v) is 7.07. The van der Waals surface area contributed by atoms with Crippen LogP contribution in [0.1, 0.15) is 27.2 Å². The molecule has 3 amide bonds. The van der Waals surface area contributed by atoms with Crippen LogP contribution in [-0.4, -0.2) is 47.7 Å². The van der Waals surface area contributed by atoms with Crippen molar-refractivity contribution < 1.29 is 32.3 Å². The van der Waals surface area contributed by atoms with E-state index in [2.05, 4.69) is 0 Å². The molecule has 2 rings (SSSR count).